The van der Waals surface area contributed by atoms with Gasteiger partial charge in [-0.15, -0.1) is 0 Å². The highest BCUT2D eigenvalue weighted by molar-refractivity contribution is 5.80. The maximum absolute atomic E-state index is 11.4. The summed E-state index contributed by atoms with van der Waals surface area (Å²) in [6.07, 6.45) is 3.93. The minimum Gasteiger partial charge on any atom is -0.469 e. The van der Waals surface area contributed by atoms with Crippen molar-refractivity contribution in [2.45, 2.75) is 31.7 Å². The molecule has 0 aromatic heterocycles. The lowest BCUT2D eigenvalue weighted by molar-refractivity contribution is -0.148. The van der Waals surface area contributed by atoms with Gasteiger partial charge in [-0.25, -0.2) is 0 Å². The third-order valence-electron chi connectivity index (χ3n) is 3.37. The van der Waals surface area contributed by atoms with Gasteiger partial charge >= 0.3 is 5.97 Å². The second-order valence-electron chi connectivity index (χ2n) is 4.08. The summed E-state index contributed by atoms with van der Waals surface area (Å²) in [6, 6.07) is 0.315. The first kappa shape index (κ1) is 8.05. The van der Waals surface area contributed by atoms with Crippen molar-refractivity contribution in [3.63, 3.8) is 0 Å². The van der Waals surface area contributed by atoms with E-state index < -0.39 is 0 Å². The second-order valence-corrected chi connectivity index (χ2v) is 4.08. The second kappa shape index (κ2) is 2.46. The van der Waals surface area contributed by atoms with Gasteiger partial charge in [-0.3, -0.25) is 4.79 Å². The fourth-order valence-corrected chi connectivity index (χ4v) is 2.48. The van der Waals surface area contributed by atoms with Gasteiger partial charge in [0.25, 0.3) is 0 Å². The van der Waals surface area contributed by atoms with Crippen LogP contribution in [0.5, 0.6) is 0 Å². The average molecular weight is 169 g/mol. The number of esters is 1. The largest absolute Gasteiger partial charge is 0.469 e. The Morgan fingerprint density at radius 2 is 2.42 bits per heavy atom. The van der Waals surface area contributed by atoms with E-state index in [9.17, 15) is 4.79 Å². The van der Waals surface area contributed by atoms with Crippen molar-refractivity contribution in [1.82, 2.24) is 0 Å². The molecule has 2 fully saturated rings. The van der Waals surface area contributed by atoms with E-state index in [-0.39, 0.29) is 11.4 Å². The predicted molar refractivity (Wildman–Crippen MR) is 44.4 cm³/mol. The van der Waals surface area contributed by atoms with Gasteiger partial charge < -0.3 is 10.5 Å². The van der Waals surface area contributed by atoms with Crippen molar-refractivity contribution >= 4 is 5.97 Å². The highest BCUT2D eigenvalue weighted by Crippen LogP contribution is 2.61. The molecule has 0 aromatic rings. The smallest absolute Gasteiger partial charge is 0.312 e. The van der Waals surface area contributed by atoms with E-state index in [1.54, 1.807) is 0 Å². The summed E-state index contributed by atoms with van der Waals surface area (Å²) < 4.78 is 4.79. The molecular weight excluding hydrogens is 154 g/mol. The molecule has 0 spiro atoms. The maximum Gasteiger partial charge on any atom is 0.312 e. The number of methoxy groups -OCH3 is 1. The zero-order chi connectivity index (χ0) is 8.77. The molecule has 0 radical (unpaired) electrons. The van der Waals surface area contributed by atoms with Crippen LogP contribution in [0.15, 0.2) is 0 Å². The minimum absolute atomic E-state index is 0.0144. The van der Waals surface area contributed by atoms with E-state index in [1.165, 1.54) is 7.11 Å². The van der Waals surface area contributed by atoms with Crippen molar-refractivity contribution in [2.75, 3.05) is 7.11 Å². The van der Waals surface area contributed by atoms with Crippen LogP contribution in [0.2, 0.25) is 0 Å². The molecule has 3 nitrogen and oxygen atoms in total. The molecule has 0 saturated heterocycles. The topological polar surface area (TPSA) is 52.3 Å². The summed E-state index contributed by atoms with van der Waals surface area (Å²) in [6.45, 7) is 0. The van der Waals surface area contributed by atoms with Crippen LogP contribution in [0.4, 0.5) is 0 Å². The van der Waals surface area contributed by atoms with E-state index in [0.29, 0.717) is 12.0 Å². The highest BCUT2D eigenvalue weighted by atomic mass is 16.5. The van der Waals surface area contributed by atoms with Gasteiger partial charge in [0.2, 0.25) is 0 Å². The molecule has 2 aliphatic rings. The Kier molecular flexibility index (Phi) is 1.65. The Morgan fingerprint density at radius 3 is 3.00 bits per heavy atom. The molecule has 0 aliphatic heterocycles. The van der Waals surface area contributed by atoms with E-state index in [2.05, 4.69) is 0 Å². The summed E-state index contributed by atoms with van der Waals surface area (Å²) in [5.74, 6) is 0.508. The van der Waals surface area contributed by atoms with Crippen LogP contribution >= 0.6 is 0 Å². The molecular formula is C9H15NO2. The Morgan fingerprint density at radius 1 is 1.67 bits per heavy atom. The Hall–Kier alpha value is -0.570. The number of fused-ring (bicyclic) bond motifs is 1. The van der Waals surface area contributed by atoms with Crippen LogP contribution in [0.1, 0.15) is 25.7 Å². The normalized spacial score (nSPS) is 44.8. The van der Waals surface area contributed by atoms with E-state index in [0.717, 1.165) is 25.7 Å². The molecule has 0 aromatic carbocycles. The first-order valence-corrected chi connectivity index (χ1v) is 4.53. The first-order chi connectivity index (χ1) is 5.69. The van der Waals surface area contributed by atoms with Crippen molar-refractivity contribution in [3.05, 3.63) is 0 Å². The molecule has 3 heteroatoms. The molecule has 0 amide bonds. The Labute approximate surface area is 72.3 Å². The summed E-state index contributed by atoms with van der Waals surface area (Å²) >= 11 is 0. The molecule has 2 saturated carbocycles. The van der Waals surface area contributed by atoms with Crippen molar-refractivity contribution < 1.29 is 9.53 Å². The van der Waals surface area contributed by atoms with Gasteiger partial charge in [-0.2, -0.15) is 0 Å². The lowest BCUT2D eigenvalue weighted by atomic mass is 9.86. The van der Waals surface area contributed by atoms with Crippen LogP contribution < -0.4 is 5.73 Å². The molecule has 2 aliphatic carbocycles. The molecule has 12 heavy (non-hydrogen) atoms. The fourth-order valence-electron chi connectivity index (χ4n) is 2.48. The monoisotopic (exact) mass is 169 g/mol. The van der Waals surface area contributed by atoms with Crippen LogP contribution in [0.25, 0.3) is 0 Å². The van der Waals surface area contributed by atoms with Crippen molar-refractivity contribution in [2.24, 2.45) is 17.1 Å². The highest BCUT2D eigenvalue weighted by Gasteiger charge is 2.62. The first-order valence-electron chi connectivity index (χ1n) is 4.53. The van der Waals surface area contributed by atoms with Gasteiger partial charge in [0.15, 0.2) is 0 Å². The van der Waals surface area contributed by atoms with Crippen LogP contribution in [-0.2, 0) is 9.53 Å². The molecule has 3 atom stereocenters. The number of nitrogens with two attached hydrogens (primary N) is 1. The van der Waals surface area contributed by atoms with Crippen molar-refractivity contribution in [1.29, 1.82) is 0 Å². The fraction of sp³-hybridized carbons (Fsp3) is 0.889. The van der Waals surface area contributed by atoms with Gasteiger partial charge in [0, 0.05) is 6.04 Å². The summed E-state index contributed by atoms with van der Waals surface area (Å²) in [4.78, 5) is 11.4. The summed E-state index contributed by atoms with van der Waals surface area (Å²) in [5, 5.41) is 0. The number of ether oxygens (including phenoxy) is 1. The van der Waals surface area contributed by atoms with Crippen LogP contribution in [-0.4, -0.2) is 19.1 Å². The van der Waals surface area contributed by atoms with Gasteiger partial charge in [-0.1, -0.05) is 0 Å². The molecule has 3 unspecified atom stereocenters. The van der Waals surface area contributed by atoms with E-state index in [1.807, 2.05) is 0 Å². The number of hydrogen-bond donors (Lipinski definition) is 1. The molecule has 0 heterocycles. The van der Waals surface area contributed by atoms with E-state index >= 15 is 0 Å². The SMILES string of the molecule is COC(=O)C12CCC(N)CC1C2. The lowest BCUT2D eigenvalue weighted by Gasteiger charge is -2.23. The number of carbonyl (C=O) groups is 1. The quantitative estimate of drug-likeness (QED) is 0.587. The number of rotatable bonds is 1. The third-order valence-corrected chi connectivity index (χ3v) is 3.37. The van der Waals surface area contributed by atoms with Gasteiger partial charge in [0.1, 0.15) is 0 Å². The summed E-state index contributed by atoms with van der Waals surface area (Å²) in [5.41, 5.74) is 5.69. The minimum atomic E-state index is -0.107. The van der Waals surface area contributed by atoms with E-state index in [4.69, 9.17) is 10.5 Å². The molecule has 68 valence electrons. The predicted octanol–water partition coefficient (Wildman–Crippen LogP) is 0.677. The van der Waals surface area contributed by atoms with Gasteiger partial charge in [-0.05, 0) is 31.6 Å². The third kappa shape index (κ3) is 0.959. The average Bonchev–Trinajstić information content (AvgIpc) is 2.78. The van der Waals surface area contributed by atoms with Crippen LogP contribution in [0, 0.1) is 11.3 Å². The molecule has 2 N–H and O–H groups in total. The zero-order valence-electron chi connectivity index (χ0n) is 7.38. The standard InChI is InChI=1S/C9H15NO2/c1-12-8(11)9-3-2-7(10)4-6(9)5-9/h6-7H,2-5,10H2,1H3. The molecule has 2 rings (SSSR count). The molecule has 0 bridgehead atoms. The van der Waals surface area contributed by atoms with Crippen molar-refractivity contribution in [3.8, 4) is 0 Å². The lowest BCUT2D eigenvalue weighted by Crippen LogP contribution is -2.31. The zero-order valence-corrected chi connectivity index (χ0v) is 7.38. The van der Waals surface area contributed by atoms with Crippen LogP contribution in [0.3, 0.4) is 0 Å². The Balaban J connectivity index is 2.04. The Bertz CT molecular complexity index is 217. The number of hydrogen-bond acceptors (Lipinski definition) is 3. The summed E-state index contributed by atoms with van der Waals surface area (Å²) in [7, 11) is 1.47. The number of carbonyl (C=O) groups excluding carboxylic acids is 1. The van der Waals surface area contributed by atoms with Gasteiger partial charge in [0.05, 0.1) is 12.5 Å². The maximum atomic E-state index is 11.4.